The van der Waals surface area contributed by atoms with Gasteiger partial charge in [-0.2, -0.15) is 0 Å². The summed E-state index contributed by atoms with van der Waals surface area (Å²) in [5, 5.41) is 3.45. The first-order valence-electron chi connectivity index (χ1n) is 6.08. The molecule has 1 heterocycles. The molecule has 1 aliphatic rings. The summed E-state index contributed by atoms with van der Waals surface area (Å²) in [4.78, 5) is 11.2. The molecular weight excluding hydrogens is 200 g/mol. The predicted octanol–water partition coefficient (Wildman–Crippen LogP) is 2.38. The molecule has 1 aromatic heterocycles. The van der Waals surface area contributed by atoms with Gasteiger partial charge in [0.1, 0.15) is 0 Å². The van der Waals surface area contributed by atoms with E-state index < -0.39 is 0 Å². The number of anilines is 1. The summed E-state index contributed by atoms with van der Waals surface area (Å²) in [5.41, 5.74) is 1.08. The first kappa shape index (κ1) is 11.2. The summed E-state index contributed by atoms with van der Waals surface area (Å²) >= 11 is 0. The fraction of sp³-hybridized carbons (Fsp3) is 0.615. The highest BCUT2D eigenvalue weighted by Gasteiger charge is 2.19. The van der Waals surface area contributed by atoms with Gasteiger partial charge in [0.15, 0.2) is 0 Å². The summed E-state index contributed by atoms with van der Waals surface area (Å²) in [6.07, 6.45) is 7.28. The van der Waals surface area contributed by atoms with Gasteiger partial charge < -0.3 is 9.88 Å². The van der Waals surface area contributed by atoms with Crippen molar-refractivity contribution in [1.82, 2.24) is 4.57 Å². The van der Waals surface area contributed by atoms with Gasteiger partial charge in [-0.3, -0.25) is 4.79 Å². The van der Waals surface area contributed by atoms with Crippen molar-refractivity contribution in [3.05, 3.63) is 28.7 Å². The monoisotopic (exact) mass is 220 g/mol. The third-order valence-corrected chi connectivity index (χ3v) is 3.41. The van der Waals surface area contributed by atoms with Gasteiger partial charge in [0.2, 0.25) is 5.56 Å². The van der Waals surface area contributed by atoms with E-state index in [1.807, 2.05) is 12.3 Å². The molecule has 1 unspecified atom stereocenters. The first-order chi connectivity index (χ1) is 7.65. The van der Waals surface area contributed by atoms with Crippen LogP contribution < -0.4 is 10.9 Å². The van der Waals surface area contributed by atoms with E-state index in [0.29, 0.717) is 6.04 Å². The van der Waals surface area contributed by atoms with Crippen LogP contribution in [0.2, 0.25) is 0 Å². The third kappa shape index (κ3) is 2.65. The molecule has 16 heavy (non-hydrogen) atoms. The molecule has 2 rings (SSSR count). The summed E-state index contributed by atoms with van der Waals surface area (Å²) in [5.74, 6) is 0.912. The van der Waals surface area contributed by atoms with E-state index >= 15 is 0 Å². The fourth-order valence-corrected chi connectivity index (χ4v) is 2.25. The van der Waals surface area contributed by atoms with E-state index in [1.54, 1.807) is 17.7 Å². The molecule has 3 nitrogen and oxygen atoms in total. The van der Waals surface area contributed by atoms with E-state index in [0.717, 1.165) is 11.6 Å². The molecule has 1 fully saturated rings. The minimum atomic E-state index is 0.0391. The SMILES string of the molecule is CC(CC1CCC1)Nc1ccc(=O)n(C)c1. The Bertz CT molecular complexity index is 407. The second kappa shape index (κ2) is 4.73. The number of nitrogens with one attached hydrogen (secondary N) is 1. The quantitative estimate of drug-likeness (QED) is 0.845. The van der Waals surface area contributed by atoms with E-state index in [-0.39, 0.29) is 5.56 Å². The molecule has 1 aliphatic carbocycles. The number of hydrogen-bond donors (Lipinski definition) is 1. The van der Waals surface area contributed by atoms with Crippen molar-refractivity contribution < 1.29 is 0 Å². The van der Waals surface area contributed by atoms with Crippen LogP contribution in [-0.4, -0.2) is 10.6 Å². The van der Waals surface area contributed by atoms with E-state index in [1.165, 1.54) is 25.7 Å². The smallest absolute Gasteiger partial charge is 0.250 e. The highest BCUT2D eigenvalue weighted by atomic mass is 16.1. The predicted molar refractivity (Wildman–Crippen MR) is 66.7 cm³/mol. The number of pyridine rings is 1. The minimum Gasteiger partial charge on any atom is -0.381 e. The van der Waals surface area contributed by atoms with E-state index in [2.05, 4.69) is 12.2 Å². The molecule has 0 aromatic carbocycles. The van der Waals surface area contributed by atoms with Crippen LogP contribution in [0, 0.1) is 5.92 Å². The molecule has 0 amide bonds. The fourth-order valence-electron chi connectivity index (χ4n) is 2.25. The average molecular weight is 220 g/mol. The summed E-state index contributed by atoms with van der Waals surface area (Å²) in [6, 6.07) is 3.96. The second-order valence-electron chi connectivity index (χ2n) is 4.94. The summed E-state index contributed by atoms with van der Waals surface area (Å²) in [6.45, 7) is 2.21. The van der Waals surface area contributed by atoms with Gasteiger partial charge in [0, 0.05) is 25.4 Å². The molecule has 1 aromatic rings. The Hall–Kier alpha value is -1.25. The van der Waals surface area contributed by atoms with Gasteiger partial charge in [-0.25, -0.2) is 0 Å². The van der Waals surface area contributed by atoms with Gasteiger partial charge in [0.25, 0.3) is 0 Å². The molecule has 1 N–H and O–H groups in total. The van der Waals surface area contributed by atoms with Crippen LogP contribution in [-0.2, 0) is 7.05 Å². The highest BCUT2D eigenvalue weighted by molar-refractivity contribution is 5.41. The Morgan fingerprint density at radius 1 is 1.50 bits per heavy atom. The average Bonchev–Trinajstić information content (AvgIpc) is 2.18. The van der Waals surface area contributed by atoms with Crippen LogP contribution in [0.1, 0.15) is 32.6 Å². The lowest BCUT2D eigenvalue weighted by atomic mass is 9.81. The Morgan fingerprint density at radius 3 is 2.81 bits per heavy atom. The Balaban J connectivity index is 1.91. The number of aryl methyl sites for hydroxylation is 1. The molecule has 3 heteroatoms. The van der Waals surface area contributed by atoms with Crippen molar-refractivity contribution in [3.63, 3.8) is 0 Å². The Morgan fingerprint density at radius 2 is 2.25 bits per heavy atom. The molecular formula is C13H20N2O. The van der Waals surface area contributed by atoms with Crippen LogP contribution in [0.25, 0.3) is 0 Å². The van der Waals surface area contributed by atoms with Gasteiger partial charge >= 0.3 is 0 Å². The number of nitrogens with zero attached hydrogens (tertiary/aromatic N) is 1. The molecule has 88 valence electrons. The van der Waals surface area contributed by atoms with Gasteiger partial charge in [-0.05, 0) is 25.3 Å². The zero-order chi connectivity index (χ0) is 11.5. The maximum Gasteiger partial charge on any atom is 0.250 e. The summed E-state index contributed by atoms with van der Waals surface area (Å²) < 4.78 is 1.61. The van der Waals surface area contributed by atoms with Crippen molar-refractivity contribution in [2.45, 2.75) is 38.6 Å². The van der Waals surface area contributed by atoms with Crippen molar-refractivity contribution in [2.24, 2.45) is 13.0 Å². The van der Waals surface area contributed by atoms with Crippen LogP contribution in [0.4, 0.5) is 5.69 Å². The van der Waals surface area contributed by atoms with Gasteiger partial charge in [-0.15, -0.1) is 0 Å². The van der Waals surface area contributed by atoms with Crippen molar-refractivity contribution in [2.75, 3.05) is 5.32 Å². The van der Waals surface area contributed by atoms with Crippen LogP contribution in [0.15, 0.2) is 23.1 Å². The normalized spacial score (nSPS) is 17.9. The maximum atomic E-state index is 11.2. The van der Waals surface area contributed by atoms with E-state index in [9.17, 15) is 4.79 Å². The van der Waals surface area contributed by atoms with Crippen LogP contribution in [0.5, 0.6) is 0 Å². The molecule has 1 saturated carbocycles. The number of hydrogen-bond acceptors (Lipinski definition) is 2. The topological polar surface area (TPSA) is 34.0 Å². The minimum absolute atomic E-state index is 0.0391. The number of rotatable bonds is 4. The lowest BCUT2D eigenvalue weighted by Gasteiger charge is -2.28. The van der Waals surface area contributed by atoms with Gasteiger partial charge in [-0.1, -0.05) is 19.3 Å². The van der Waals surface area contributed by atoms with Gasteiger partial charge in [0.05, 0.1) is 5.69 Å². The maximum absolute atomic E-state index is 11.2. The molecule has 0 spiro atoms. The molecule has 0 bridgehead atoms. The summed E-state index contributed by atoms with van der Waals surface area (Å²) in [7, 11) is 1.78. The molecule has 0 aliphatic heterocycles. The van der Waals surface area contributed by atoms with Crippen LogP contribution >= 0.6 is 0 Å². The molecule has 1 atom stereocenters. The van der Waals surface area contributed by atoms with Crippen molar-refractivity contribution >= 4 is 5.69 Å². The highest BCUT2D eigenvalue weighted by Crippen LogP contribution is 2.30. The second-order valence-corrected chi connectivity index (χ2v) is 4.94. The standard InChI is InChI=1S/C13H20N2O/c1-10(8-11-4-3-5-11)14-12-6-7-13(16)15(2)9-12/h6-7,9-11,14H,3-5,8H2,1-2H3. The van der Waals surface area contributed by atoms with E-state index in [4.69, 9.17) is 0 Å². The Labute approximate surface area is 96.5 Å². The Kier molecular flexibility index (Phi) is 3.32. The lowest BCUT2D eigenvalue weighted by molar-refractivity contribution is 0.286. The third-order valence-electron chi connectivity index (χ3n) is 3.41. The molecule has 0 saturated heterocycles. The lowest BCUT2D eigenvalue weighted by Crippen LogP contribution is -2.24. The van der Waals surface area contributed by atoms with Crippen molar-refractivity contribution in [1.29, 1.82) is 0 Å². The van der Waals surface area contributed by atoms with Crippen molar-refractivity contribution in [3.8, 4) is 0 Å². The largest absolute Gasteiger partial charge is 0.381 e. The molecule has 0 radical (unpaired) electrons. The zero-order valence-electron chi connectivity index (χ0n) is 10.1. The van der Waals surface area contributed by atoms with Crippen LogP contribution in [0.3, 0.4) is 0 Å². The first-order valence-corrected chi connectivity index (χ1v) is 6.08. The zero-order valence-corrected chi connectivity index (χ0v) is 10.1. The number of aromatic nitrogens is 1.